The van der Waals surface area contributed by atoms with Crippen LogP contribution in [-0.4, -0.2) is 26.3 Å². The number of benzene rings is 1. The van der Waals surface area contributed by atoms with E-state index in [4.69, 9.17) is 0 Å². The molecular weight excluding hydrogens is 287 g/mol. The van der Waals surface area contributed by atoms with Crippen LogP contribution in [0, 0.1) is 0 Å². The van der Waals surface area contributed by atoms with Crippen LogP contribution in [0.2, 0.25) is 0 Å². The van der Waals surface area contributed by atoms with Crippen molar-refractivity contribution in [1.29, 1.82) is 0 Å². The minimum atomic E-state index is -4.34. The van der Waals surface area contributed by atoms with E-state index >= 15 is 0 Å². The van der Waals surface area contributed by atoms with E-state index in [9.17, 15) is 13.2 Å². The molecule has 3 nitrogen and oxygen atoms in total. The molecule has 1 aromatic carbocycles. The molecule has 1 aromatic heterocycles. The summed E-state index contributed by atoms with van der Waals surface area (Å²) in [4.78, 5) is 0. The SMILES string of the molecule is FC(F)(F)c1cccc(-c2nnc3n2CCSCC3)c1. The van der Waals surface area contributed by atoms with E-state index in [1.807, 2.05) is 16.3 Å². The van der Waals surface area contributed by atoms with E-state index in [1.54, 1.807) is 6.07 Å². The normalized spacial score (nSPS) is 15.8. The highest BCUT2D eigenvalue weighted by Gasteiger charge is 2.31. The zero-order chi connectivity index (χ0) is 14.2. The highest BCUT2D eigenvalue weighted by Crippen LogP contribution is 2.32. The minimum absolute atomic E-state index is 0.463. The lowest BCUT2D eigenvalue weighted by molar-refractivity contribution is -0.137. The molecular formula is C13H12F3N3S. The number of hydrogen-bond donors (Lipinski definition) is 0. The summed E-state index contributed by atoms with van der Waals surface area (Å²) in [5, 5.41) is 8.17. The molecule has 1 aliphatic heterocycles. The van der Waals surface area contributed by atoms with Crippen molar-refractivity contribution in [2.45, 2.75) is 19.1 Å². The molecule has 0 unspecified atom stereocenters. The van der Waals surface area contributed by atoms with E-state index in [0.717, 1.165) is 42.4 Å². The van der Waals surface area contributed by atoms with Crippen LogP contribution in [0.1, 0.15) is 11.4 Å². The lowest BCUT2D eigenvalue weighted by atomic mass is 10.1. The van der Waals surface area contributed by atoms with Gasteiger partial charge in [-0.05, 0) is 12.1 Å². The summed E-state index contributed by atoms with van der Waals surface area (Å²) in [6.07, 6.45) is -3.54. The number of aromatic nitrogens is 3. The Balaban J connectivity index is 2.04. The van der Waals surface area contributed by atoms with Gasteiger partial charge in [-0.25, -0.2) is 0 Å². The van der Waals surface area contributed by atoms with E-state index in [2.05, 4.69) is 10.2 Å². The predicted octanol–water partition coefficient (Wildman–Crippen LogP) is 3.25. The quantitative estimate of drug-likeness (QED) is 0.810. The number of nitrogens with zero attached hydrogens (tertiary/aromatic N) is 3. The van der Waals surface area contributed by atoms with Crippen LogP contribution >= 0.6 is 11.8 Å². The predicted molar refractivity (Wildman–Crippen MR) is 71.5 cm³/mol. The minimum Gasteiger partial charge on any atom is -0.310 e. The maximum Gasteiger partial charge on any atom is 0.416 e. The van der Waals surface area contributed by atoms with Gasteiger partial charge in [-0.1, -0.05) is 12.1 Å². The molecule has 0 bridgehead atoms. The first kappa shape index (κ1) is 13.5. The Labute approximate surface area is 118 Å². The lowest BCUT2D eigenvalue weighted by Gasteiger charge is -2.10. The van der Waals surface area contributed by atoms with Gasteiger partial charge in [-0.2, -0.15) is 24.9 Å². The third-order valence-electron chi connectivity index (χ3n) is 3.20. The zero-order valence-corrected chi connectivity index (χ0v) is 11.3. The number of thioether (sulfide) groups is 1. The largest absolute Gasteiger partial charge is 0.416 e. The van der Waals surface area contributed by atoms with Crippen molar-refractivity contribution in [2.24, 2.45) is 0 Å². The molecule has 0 saturated heterocycles. The molecule has 0 fully saturated rings. The van der Waals surface area contributed by atoms with Crippen LogP contribution in [0.3, 0.4) is 0 Å². The summed E-state index contributed by atoms with van der Waals surface area (Å²) < 4.78 is 40.2. The fraction of sp³-hybridized carbons (Fsp3) is 0.385. The highest BCUT2D eigenvalue weighted by atomic mass is 32.2. The van der Waals surface area contributed by atoms with Crippen molar-refractivity contribution in [3.63, 3.8) is 0 Å². The molecule has 0 N–H and O–H groups in total. The number of alkyl halides is 3. The van der Waals surface area contributed by atoms with Crippen LogP contribution in [-0.2, 0) is 19.1 Å². The maximum atomic E-state index is 12.8. The molecule has 0 amide bonds. The molecule has 106 valence electrons. The van der Waals surface area contributed by atoms with Gasteiger partial charge in [0.25, 0.3) is 0 Å². The molecule has 2 heterocycles. The van der Waals surface area contributed by atoms with E-state index < -0.39 is 11.7 Å². The number of fused-ring (bicyclic) bond motifs is 1. The molecule has 0 radical (unpaired) electrons. The van der Waals surface area contributed by atoms with Gasteiger partial charge in [0.2, 0.25) is 0 Å². The molecule has 1 aliphatic rings. The molecule has 2 aromatic rings. The van der Waals surface area contributed by atoms with Crippen LogP contribution < -0.4 is 0 Å². The van der Waals surface area contributed by atoms with Gasteiger partial charge < -0.3 is 4.57 Å². The van der Waals surface area contributed by atoms with Gasteiger partial charge >= 0.3 is 6.18 Å². The number of halogens is 3. The average Bonchev–Trinajstić information content (AvgIpc) is 2.67. The van der Waals surface area contributed by atoms with Crippen molar-refractivity contribution in [3.8, 4) is 11.4 Å². The Bertz CT molecular complexity index is 622. The fourth-order valence-electron chi connectivity index (χ4n) is 2.22. The van der Waals surface area contributed by atoms with E-state index in [0.29, 0.717) is 11.4 Å². The molecule has 0 spiro atoms. The molecule has 3 rings (SSSR count). The topological polar surface area (TPSA) is 30.7 Å². The zero-order valence-electron chi connectivity index (χ0n) is 10.5. The third kappa shape index (κ3) is 2.54. The lowest BCUT2D eigenvalue weighted by Crippen LogP contribution is -2.07. The van der Waals surface area contributed by atoms with Gasteiger partial charge in [0.15, 0.2) is 5.82 Å². The summed E-state index contributed by atoms with van der Waals surface area (Å²) in [7, 11) is 0. The fourth-order valence-corrected chi connectivity index (χ4v) is 3.07. The van der Waals surface area contributed by atoms with Gasteiger partial charge in [0.05, 0.1) is 5.56 Å². The smallest absolute Gasteiger partial charge is 0.310 e. The van der Waals surface area contributed by atoms with Crippen molar-refractivity contribution in [1.82, 2.24) is 14.8 Å². The van der Waals surface area contributed by atoms with Gasteiger partial charge in [0, 0.05) is 30.0 Å². The molecule has 20 heavy (non-hydrogen) atoms. The second kappa shape index (κ2) is 5.12. The summed E-state index contributed by atoms with van der Waals surface area (Å²) in [6.45, 7) is 0.735. The van der Waals surface area contributed by atoms with Crippen LogP contribution in [0.25, 0.3) is 11.4 Å². The van der Waals surface area contributed by atoms with Crippen molar-refractivity contribution < 1.29 is 13.2 Å². The molecule has 0 saturated carbocycles. The number of hydrogen-bond acceptors (Lipinski definition) is 3. The second-order valence-corrected chi connectivity index (χ2v) is 5.76. The Kier molecular flexibility index (Phi) is 3.45. The average molecular weight is 299 g/mol. The van der Waals surface area contributed by atoms with Crippen molar-refractivity contribution in [3.05, 3.63) is 35.7 Å². The second-order valence-electron chi connectivity index (χ2n) is 4.53. The van der Waals surface area contributed by atoms with Gasteiger partial charge in [0.1, 0.15) is 5.82 Å². The Hall–Kier alpha value is -1.50. The summed E-state index contributed by atoms with van der Waals surface area (Å²) in [5.41, 5.74) is -0.194. The highest BCUT2D eigenvalue weighted by molar-refractivity contribution is 7.99. The number of aryl methyl sites for hydroxylation is 1. The summed E-state index contributed by atoms with van der Waals surface area (Å²) >= 11 is 1.82. The first-order valence-corrected chi connectivity index (χ1v) is 7.38. The van der Waals surface area contributed by atoms with Gasteiger partial charge in [-0.15, -0.1) is 10.2 Å². The van der Waals surface area contributed by atoms with Crippen LogP contribution in [0.4, 0.5) is 13.2 Å². The van der Waals surface area contributed by atoms with Gasteiger partial charge in [-0.3, -0.25) is 0 Å². The molecule has 0 atom stereocenters. The summed E-state index contributed by atoms with van der Waals surface area (Å²) in [6, 6.07) is 5.25. The number of rotatable bonds is 1. The van der Waals surface area contributed by atoms with Crippen molar-refractivity contribution in [2.75, 3.05) is 11.5 Å². The van der Waals surface area contributed by atoms with E-state index in [-0.39, 0.29) is 0 Å². The Morgan fingerprint density at radius 1 is 1.15 bits per heavy atom. The maximum absolute atomic E-state index is 12.8. The standard InChI is InChI=1S/C13H12F3N3S/c14-13(15,16)10-3-1-2-9(8-10)12-18-17-11-4-6-20-7-5-19(11)12/h1-3,8H,4-7H2. The molecule has 0 aliphatic carbocycles. The van der Waals surface area contributed by atoms with Crippen LogP contribution in [0.5, 0.6) is 0 Å². The summed E-state index contributed by atoms with van der Waals surface area (Å²) in [5.74, 6) is 3.27. The monoisotopic (exact) mass is 299 g/mol. The Morgan fingerprint density at radius 2 is 2.00 bits per heavy atom. The van der Waals surface area contributed by atoms with Crippen LogP contribution in [0.15, 0.2) is 24.3 Å². The first-order chi connectivity index (χ1) is 9.55. The van der Waals surface area contributed by atoms with Crippen molar-refractivity contribution >= 4 is 11.8 Å². The Morgan fingerprint density at radius 3 is 2.80 bits per heavy atom. The first-order valence-electron chi connectivity index (χ1n) is 6.23. The van der Waals surface area contributed by atoms with E-state index in [1.165, 1.54) is 6.07 Å². The molecule has 7 heteroatoms. The third-order valence-corrected chi connectivity index (χ3v) is 4.17.